The van der Waals surface area contributed by atoms with E-state index in [1.165, 1.54) is 0 Å². The van der Waals surface area contributed by atoms with E-state index in [-0.39, 0.29) is 6.04 Å². The Labute approximate surface area is 87.5 Å². The fraction of sp³-hybridized carbons (Fsp3) is 0.875. The zero-order valence-electron chi connectivity index (χ0n) is 8.50. The first-order valence-electron chi connectivity index (χ1n) is 4.11. The third-order valence-corrected chi connectivity index (χ3v) is 2.24. The number of carbonyl (C=O) groups is 1. The van der Waals surface area contributed by atoms with Crippen LogP contribution in [-0.2, 0) is 4.74 Å². The maximum absolute atomic E-state index is 11.3. The fourth-order valence-corrected chi connectivity index (χ4v) is 0.881. The van der Waals surface area contributed by atoms with Crippen LogP contribution in [0.3, 0.4) is 0 Å². The summed E-state index contributed by atoms with van der Waals surface area (Å²) in [7, 11) is 0. The van der Waals surface area contributed by atoms with E-state index in [0.717, 1.165) is 5.01 Å². The SMILES string of the molecule is CC(CBr)N(N)C(=O)OC(C)(C)C. The minimum atomic E-state index is -0.501. The highest BCUT2D eigenvalue weighted by atomic mass is 79.9. The lowest BCUT2D eigenvalue weighted by Gasteiger charge is -2.27. The van der Waals surface area contributed by atoms with Crippen LogP contribution in [0.2, 0.25) is 0 Å². The molecule has 78 valence electrons. The van der Waals surface area contributed by atoms with E-state index in [1.807, 2.05) is 6.92 Å². The van der Waals surface area contributed by atoms with Crippen molar-refractivity contribution in [1.82, 2.24) is 5.01 Å². The molecule has 0 heterocycles. The van der Waals surface area contributed by atoms with E-state index in [0.29, 0.717) is 5.33 Å². The lowest BCUT2D eigenvalue weighted by molar-refractivity contribution is 0.0193. The molecule has 5 heteroatoms. The maximum Gasteiger partial charge on any atom is 0.424 e. The summed E-state index contributed by atoms with van der Waals surface area (Å²) in [5.41, 5.74) is -0.499. The summed E-state index contributed by atoms with van der Waals surface area (Å²) in [5, 5.41) is 1.71. The summed E-state index contributed by atoms with van der Waals surface area (Å²) in [6.07, 6.45) is -0.501. The van der Waals surface area contributed by atoms with Crippen molar-refractivity contribution in [2.75, 3.05) is 5.33 Å². The van der Waals surface area contributed by atoms with Gasteiger partial charge >= 0.3 is 6.09 Å². The second-order valence-corrected chi connectivity index (χ2v) is 4.54. The van der Waals surface area contributed by atoms with Crippen LogP contribution in [0.5, 0.6) is 0 Å². The summed E-state index contributed by atoms with van der Waals surface area (Å²) in [6, 6.07) is -0.0742. The molecule has 0 aliphatic rings. The van der Waals surface area contributed by atoms with Crippen molar-refractivity contribution in [3.63, 3.8) is 0 Å². The Morgan fingerprint density at radius 2 is 2.08 bits per heavy atom. The van der Waals surface area contributed by atoms with Gasteiger partial charge in [-0.05, 0) is 27.7 Å². The van der Waals surface area contributed by atoms with Gasteiger partial charge in [0.25, 0.3) is 0 Å². The normalized spacial score (nSPS) is 13.7. The Balaban J connectivity index is 4.12. The molecule has 4 nitrogen and oxygen atoms in total. The summed E-state index contributed by atoms with van der Waals surface area (Å²) in [6.45, 7) is 7.24. The zero-order valence-corrected chi connectivity index (χ0v) is 10.1. The van der Waals surface area contributed by atoms with E-state index >= 15 is 0 Å². The van der Waals surface area contributed by atoms with E-state index in [4.69, 9.17) is 10.6 Å². The van der Waals surface area contributed by atoms with E-state index < -0.39 is 11.7 Å². The van der Waals surface area contributed by atoms with Gasteiger partial charge in [-0.2, -0.15) is 0 Å². The molecule has 0 rings (SSSR count). The van der Waals surface area contributed by atoms with Gasteiger partial charge in [0.15, 0.2) is 0 Å². The number of alkyl halides is 1. The van der Waals surface area contributed by atoms with Gasteiger partial charge in [0.1, 0.15) is 5.60 Å². The van der Waals surface area contributed by atoms with Crippen LogP contribution >= 0.6 is 15.9 Å². The predicted octanol–water partition coefficient (Wildman–Crippen LogP) is 1.88. The van der Waals surface area contributed by atoms with Crippen molar-refractivity contribution in [1.29, 1.82) is 0 Å². The van der Waals surface area contributed by atoms with Crippen LogP contribution in [0.25, 0.3) is 0 Å². The quantitative estimate of drug-likeness (QED) is 0.354. The first kappa shape index (κ1) is 12.7. The monoisotopic (exact) mass is 252 g/mol. The molecule has 1 unspecified atom stereocenters. The van der Waals surface area contributed by atoms with Crippen LogP contribution in [-0.4, -0.2) is 28.1 Å². The molecule has 2 N–H and O–H groups in total. The van der Waals surface area contributed by atoms with Crippen molar-refractivity contribution in [2.24, 2.45) is 5.84 Å². The number of hydrogen-bond donors (Lipinski definition) is 1. The molecule has 13 heavy (non-hydrogen) atoms. The Morgan fingerprint density at radius 3 is 2.38 bits per heavy atom. The number of rotatable bonds is 2. The molecule has 0 saturated heterocycles. The highest BCUT2D eigenvalue weighted by molar-refractivity contribution is 9.09. The molecule has 0 aliphatic heterocycles. The first-order chi connectivity index (χ1) is 5.78. The summed E-state index contributed by atoms with van der Waals surface area (Å²) >= 11 is 3.23. The third-order valence-electron chi connectivity index (χ3n) is 1.30. The lowest BCUT2D eigenvalue weighted by atomic mass is 10.2. The van der Waals surface area contributed by atoms with Gasteiger partial charge in [-0.15, -0.1) is 0 Å². The minimum absolute atomic E-state index is 0.0742. The number of ether oxygens (including phenoxy) is 1. The largest absolute Gasteiger partial charge is 0.443 e. The fourth-order valence-electron chi connectivity index (χ4n) is 0.569. The maximum atomic E-state index is 11.3. The number of halogens is 1. The number of nitrogens with zero attached hydrogens (tertiary/aromatic N) is 1. The average Bonchev–Trinajstić information content (AvgIpc) is 1.98. The Kier molecular flexibility index (Phi) is 4.70. The van der Waals surface area contributed by atoms with Crippen molar-refractivity contribution < 1.29 is 9.53 Å². The number of hydrogen-bond acceptors (Lipinski definition) is 3. The average molecular weight is 253 g/mol. The molecule has 0 saturated carbocycles. The molecule has 0 aromatic carbocycles. The topological polar surface area (TPSA) is 55.6 Å². The van der Waals surface area contributed by atoms with Gasteiger partial charge in [-0.1, -0.05) is 15.9 Å². The second-order valence-electron chi connectivity index (χ2n) is 3.89. The van der Waals surface area contributed by atoms with Crippen molar-refractivity contribution in [3.05, 3.63) is 0 Å². The van der Waals surface area contributed by atoms with Gasteiger partial charge in [0.05, 0.1) is 6.04 Å². The van der Waals surface area contributed by atoms with Crippen molar-refractivity contribution in [3.8, 4) is 0 Å². The van der Waals surface area contributed by atoms with Gasteiger partial charge in [-0.3, -0.25) is 0 Å². The first-order valence-corrected chi connectivity index (χ1v) is 5.23. The molecule has 0 aromatic heterocycles. The van der Waals surface area contributed by atoms with Crippen LogP contribution in [0, 0.1) is 0 Å². The zero-order chi connectivity index (χ0) is 10.6. The van der Waals surface area contributed by atoms with E-state index in [2.05, 4.69) is 15.9 Å². The minimum Gasteiger partial charge on any atom is -0.443 e. The molecule has 1 amide bonds. The van der Waals surface area contributed by atoms with Crippen LogP contribution in [0.15, 0.2) is 0 Å². The smallest absolute Gasteiger partial charge is 0.424 e. The molecular formula is C8H17BrN2O2. The Hall–Kier alpha value is -0.290. The number of amides is 1. The highest BCUT2D eigenvalue weighted by Gasteiger charge is 2.22. The van der Waals surface area contributed by atoms with Crippen molar-refractivity contribution >= 4 is 22.0 Å². The lowest BCUT2D eigenvalue weighted by Crippen LogP contribution is -2.47. The molecule has 1 atom stereocenters. The van der Waals surface area contributed by atoms with E-state index in [9.17, 15) is 4.79 Å². The molecule has 0 bridgehead atoms. The van der Waals surface area contributed by atoms with Gasteiger partial charge < -0.3 is 4.74 Å². The number of carbonyl (C=O) groups excluding carboxylic acids is 1. The highest BCUT2D eigenvalue weighted by Crippen LogP contribution is 2.10. The van der Waals surface area contributed by atoms with Gasteiger partial charge in [0.2, 0.25) is 0 Å². The molecule has 0 radical (unpaired) electrons. The van der Waals surface area contributed by atoms with E-state index in [1.54, 1.807) is 20.8 Å². The van der Waals surface area contributed by atoms with Gasteiger partial charge in [-0.25, -0.2) is 15.6 Å². The second kappa shape index (κ2) is 4.81. The third kappa shape index (κ3) is 5.10. The number of hydrazine groups is 1. The summed E-state index contributed by atoms with van der Waals surface area (Å²) in [5.74, 6) is 5.51. The molecule has 0 aliphatic carbocycles. The molecule has 0 fully saturated rings. The van der Waals surface area contributed by atoms with Crippen LogP contribution in [0.4, 0.5) is 4.79 Å². The Morgan fingerprint density at radius 1 is 1.62 bits per heavy atom. The summed E-state index contributed by atoms with van der Waals surface area (Å²) < 4.78 is 5.06. The predicted molar refractivity (Wildman–Crippen MR) is 55.5 cm³/mol. The van der Waals surface area contributed by atoms with Gasteiger partial charge in [0, 0.05) is 5.33 Å². The van der Waals surface area contributed by atoms with Crippen molar-refractivity contribution in [2.45, 2.75) is 39.3 Å². The molecule has 0 spiro atoms. The molecular weight excluding hydrogens is 236 g/mol. The Bertz CT molecular complexity index is 179. The molecule has 0 aromatic rings. The summed E-state index contributed by atoms with van der Waals surface area (Å²) in [4.78, 5) is 11.3. The van der Waals surface area contributed by atoms with Crippen LogP contribution < -0.4 is 5.84 Å². The van der Waals surface area contributed by atoms with Crippen LogP contribution in [0.1, 0.15) is 27.7 Å². The standard InChI is InChI=1S/C8H17BrN2O2/c1-6(5-9)11(10)7(12)13-8(2,3)4/h6H,5,10H2,1-4H3. The number of nitrogens with two attached hydrogens (primary N) is 1.